The topological polar surface area (TPSA) is 148 Å². The molecule has 0 aliphatic heterocycles. The molecule has 1 atom stereocenters. The number of rotatable bonds is 10. The molecule has 270 valence electrons. The Labute approximate surface area is 296 Å². The molecule has 0 fully saturated rings. The minimum Gasteiger partial charge on any atom is -0.489 e. The number of methoxy groups -OCH3 is 1. The lowest BCUT2D eigenvalue weighted by Crippen LogP contribution is -2.40. The smallest absolute Gasteiger partial charge is 0.431 e. The number of alkyl halides is 3. The van der Waals surface area contributed by atoms with Crippen LogP contribution >= 0.6 is 22.9 Å². The normalized spacial score (nSPS) is 11.8. The van der Waals surface area contributed by atoms with E-state index < -0.39 is 41.2 Å². The van der Waals surface area contributed by atoms with Gasteiger partial charge in [-0.3, -0.25) is 23.5 Å². The Morgan fingerprint density at radius 3 is 2.31 bits per heavy atom. The van der Waals surface area contributed by atoms with E-state index in [0.29, 0.717) is 47.5 Å². The van der Waals surface area contributed by atoms with Crippen molar-refractivity contribution in [1.29, 1.82) is 0 Å². The van der Waals surface area contributed by atoms with Crippen LogP contribution in [0.1, 0.15) is 30.7 Å². The largest absolute Gasteiger partial charge is 0.489 e. The van der Waals surface area contributed by atoms with Crippen LogP contribution in [0.15, 0.2) is 81.1 Å². The van der Waals surface area contributed by atoms with Crippen molar-refractivity contribution in [1.82, 2.24) is 13.7 Å². The molecule has 0 saturated carbocycles. The fourth-order valence-corrected chi connectivity index (χ4v) is 6.05. The van der Waals surface area contributed by atoms with Gasteiger partial charge in [0.05, 0.1) is 28.0 Å². The van der Waals surface area contributed by atoms with Crippen molar-refractivity contribution in [3.8, 4) is 17.2 Å². The molecular formula is C34H31ClF3N3O9S. The van der Waals surface area contributed by atoms with Gasteiger partial charge in [-0.2, -0.15) is 13.2 Å². The zero-order valence-corrected chi connectivity index (χ0v) is 29.1. The zero-order valence-electron chi connectivity index (χ0n) is 27.5. The molecule has 51 heavy (non-hydrogen) atoms. The molecule has 0 amide bonds. The van der Waals surface area contributed by atoms with E-state index in [1.165, 1.54) is 35.9 Å². The first kappa shape index (κ1) is 38.5. The minimum atomic E-state index is -4.84. The Bertz CT molecular complexity index is 2240. The lowest BCUT2D eigenvalue weighted by atomic mass is 10.1. The van der Waals surface area contributed by atoms with Crippen LogP contribution in [0.4, 0.5) is 13.2 Å². The van der Waals surface area contributed by atoms with E-state index in [1.54, 1.807) is 25.1 Å². The number of fused-ring (bicyclic) bond motifs is 1. The molecule has 17 heteroatoms. The first-order chi connectivity index (χ1) is 24.0. The summed E-state index contributed by atoms with van der Waals surface area (Å²) in [6.45, 7) is 3.27. The Hall–Kier alpha value is -5.35. The maximum Gasteiger partial charge on any atom is 0.431 e. The van der Waals surface area contributed by atoms with Crippen molar-refractivity contribution >= 4 is 45.1 Å². The summed E-state index contributed by atoms with van der Waals surface area (Å²) in [7, 11) is 2.22. The molecule has 3 aromatic carbocycles. The second-order valence-corrected chi connectivity index (χ2v) is 12.2. The predicted molar refractivity (Wildman–Crippen MR) is 183 cm³/mol. The molecule has 1 unspecified atom stereocenters. The number of carbonyl (C=O) groups is 2. The number of para-hydroxylation sites is 1. The summed E-state index contributed by atoms with van der Waals surface area (Å²) in [6.07, 6.45) is -4.91. The van der Waals surface area contributed by atoms with Crippen LogP contribution in [0.25, 0.3) is 15.9 Å². The molecule has 0 radical (unpaired) electrons. The van der Waals surface area contributed by atoms with Crippen molar-refractivity contribution < 1.29 is 42.1 Å². The average Bonchev–Trinajstić information content (AvgIpc) is 3.40. The fourth-order valence-electron chi connectivity index (χ4n) is 4.80. The van der Waals surface area contributed by atoms with E-state index in [0.717, 1.165) is 30.4 Å². The summed E-state index contributed by atoms with van der Waals surface area (Å²) in [4.78, 5) is 58.2. The monoisotopic (exact) mass is 749 g/mol. The van der Waals surface area contributed by atoms with Crippen molar-refractivity contribution in [2.45, 2.75) is 45.7 Å². The lowest BCUT2D eigenvalue weighted by molar-refractivity contribution is -0.148. The van der Waals surface area contributed by atoms with Gasteiger partial charge >= 0.3 is 28.7 Å². The van der Waals surface area contributed by atoms with Gasteiger partial charge in [-0.15, -0.1) is 0 Å². The number of thiazole rings is 1. The Kier molecular flexibility index (Phi) is 12.2. The highest BCUT2D eigenvalue weighted by Crippen LogP contribution is 2.28. The molecule has 2 heterocycles. The van der Waals surface area contributed by atoms with Gasteiger partial charge in [-0.1, -0.05) is 48.1 Å². The van der Waals surface area contributed by atoms with Crippen LogP contribution in [0.3, 0.4) is 0 Å². The lowest BCUT2D eigenvalue weighted by Gasteiger charge is -2.17. The molecule has 2 aromatic heterocycles. The number of nitrogens with zero attached hydrogens (tertiary/aromatic N) is 3. The highest BCUT2D eigenvalue weighted by molar-refractivity contribution is 7.16. The minimum absolute atomic E-state index is 0.0779. The van der Waals surface area contributed by atoms with Gasteiger partial charge in [0.2, 0.25) is 0 Å². The number of carbonyl (C=O) groups excluding carboxylic acids is 1. The molecule has 5 aromatic rings. The first-order valence-corrected chi connectivity index (χ1v) is 16.2. The second kappa shape index (κ2) is 16.1. The number of aromatic nitrogens is 3. The average molecular weight is 750 g/mol. The van der Waals surface area contributed by atoms with Gasteiger partial charge in [0, 0.05) is 18.7 Å². The van der Waals surface area contributed by atoms with E-state index in [4.69, 9.17) is 30.9 Å². The summed E-state index contributed by atoms with van der Waals surface area (Å²) in [6, 6.07) is 16.8. The van der Waals surface area contributed by atoms with Crippen LogP contribution in [0.2, 0.25) is 5.02 Å². The van der Waals surface area contributed by atoms with Gasteiger partial charge in [-0.05, 0) is 61.4 Å². The van der Waals surface area contributed by atoms with Crippen LogP contribution in [0.5, 0.6) is 11.5 Å². The van der Waals surface area contributed by atoms with Crippen molar-refractivity contribution in [2.24, 2.45) is 7.05 Å². The Morgan fingerprint density at radius 1 is 1.02 bits per heavy atom. The standard InChI is InChI=1S/C25H25F3N2O6.C9H6ClNO3S/c1-5-16-6-7-17(20(12-16)36-15(2)23(32)34-4)14-35-19-10-8-18(9-11-19)30-22(31)13-21(25(26,27)28)29(3)24(30)33;10-5-2-1-3-6-8(5)11(4-7(12)13)9(14)15-6/h6-13,15H,5,14H2,1-4H3;1-3H,4H2,(H,12,13). The zero-order chi connectivity index (χ0) is 37.6. The molecular weight excluding hydrogens is 719 g/mol. The van der Waals surface area contributed by atoms with Gasteiger partial charge in [-0.25, -0.2) is 14.2 Å². The van der Waals surface area contributed by atoms with E-state index in [9.17, 15) is 37.1 Å². The Morgan fingerprint density at radius 2 is 1.71 bits per heavy atom. The van der Waals surface area contributed by atoms with Crippen LogP contribution in [-0.2, 0) is 47.1 Å². The number of ether oxygens (including phenoxy) is 3. The molecule has 0 aliphatic rings. The quantitative estimate of drug-likeness (QED) is 0.185. The summed E-state index contributed by atoms with van der Waals surface area (Å²) in [5.41, 5.74) is -1.31. The molecule has 12 nitrogen and oxygen atoms in total. The number of halogens is 4. The van der Waals surface area contributed by atoms with E-state index in [1.807, 2.05) is 25.1 Å². The number of aryl methyl sites for hydroxylation is 1. The third-order valence-corrected chi connectivity index (χ3v) is 8.66. The van der Waals surface area contributed by atoms with Gasteiger partial charge in [0.1, 0.15) is 30.3 Å². The van der Waals surface area contributed by atoms with E-state index in [2.05, 4.69) is 0 Å². The van der Waals surface area contributed by atoms with Crippen LogP contribution in [-0.4, -0.2) is 44.0 Å². The SMILES string of the molecule is CCc1ccc(COc2ccc(-n3c(=O)cc(C(F)(F)F)n(C)c3=O)cc2)c(OC(C)C(=O)OC)c1.O=C(O)Cn1c(=O)sc2cccc(Cl)c21. The summed E-state index contributed by atoms with van der Waals surface area (Å²) in [5, 5.41) is 9.06. The van der Waals surface area contributed by atoms with Gasteiger partial charge < -0.3 is 19.3 Å². The van der Waals surface area contributed by atoms with Crippen LogP contribution < -0.4 is 25.6 Å². The van der Waals surface area contributed by atoms with Gasteiger partial charge in [0.15, 0.2) is 6.10 Å². The highest BCUT2D eigenvalue weighted by Gasteiger charge is 2.35. The number of benzene rings is 3. The molecule has 0 bridgehead atoms. The molecule has 0 saturated heterocycles. The van der Waals surface area contributed by atoms with E-state index in [-0.39, 0.29) is 23.7 Å². The second-order valence-electron chi connectivity index (χ2n) is 10.8. The number of esters is 1. The Balaban J connectivity index is 0.000000322. The third kappa shape index (κ3) is 9.07. The third-order valence-electron chi connectivity index (χ3n) is 7.41. The van der Waals surface area contributed by atoms with Gasteiger partial charge in [0.25, 0.3) is 5.56 Å². The van der Waals surface area contributed by atoms with Crippen molar-refractivity contribution in [3.63, 3.8) is 0 Å². The maximum atomic E-state index is 13.1. The molecule has 0 spiro atoms. The molecule has 5 rings (SSSR count). The number of hydrogen-bond donors (Lipinski definition) is 1. The number of aliphatic carboxylic acids is 1. The predicted octanol–water partition coefficient (Wildman–Crippen LogP) is 5.44. The number of carboxylic acid groups (broad SMARTS) is 1. The van der Waals surface area contributed by atoms with Crippen molar-refractivity contribution in [2.75, 3.05) is 7.11 Å². The van der Waals surface area contributed by atoms with E-state index >= 15 is 0 Å². The fraction of sp³-hybridized carbons (Fsp3) is 0.265. The highest BCUT2D eigenvalue weighted by atomic mass is 35.5. The number of hydrogen-bond acceptors (Lipinski definition) is 9. The number of carboxylic acids is 1. The van der Waals surface area contributed by atoms with Crippen LogP contribution in [0, 0.1) is 0 Å². The summed E-state index contributed by atoms with van der Waals surface area (Å²) in [5.74, 6) is -0.744. The summed E-state index contributed by atoms with van der Waals surface area (Å²) < 4.78 is 58.4. The molecule has 0 aliphatic carbocycles. The first-order valence-electron chi connectivity index (χ1n) is 15.0. The summed E-state index contributed by atoms with van der Waals surface area (Å²) >= 11 is 6.91. The molecule has 1 N–H and O–H groups in total. The van der Waals surface area contributed by atoms with Crippen molar-refractivity contribution in [3.05, 3.63) is 119 Å². The maximum absolute atomic E-state index is 13.1.